The van der Waals surface area contributed by atoms with E-state index in [1.54, 1.807) is 7.05 Å². The summed E-state index contributed by atoms with van der Waals surface area (Å²) < 4.78 is 0. The fourth-order valence-corrected chi connectivity index (χ4v) is 6.33. The first kappa shape index (κ1) is 36.0. The number of carbonyl (C=O) groups excluding carboxylic acids is 1. The summed E-state index contributed by atoms with van der Waals surface area (Å²) in [6, 6.07) is 6.21. The number of carbonyl (C=O) groups is 1. The zero-order chi connectivity index (χ0) is 26.2. The van der Waals surface area contributed by atoms with Crippen LogP contribution in [0.1, 0.15) is 37.2 Å². The molecule has 0 N–H and O–H groups in total. The van der Waals surface area contributed by atoms with Gasteiger partial charge in [0.25, 0.3) is 5.91 Å². The smallest absolute Gasteiger partial charge is 0.251 e. The third-order valence-electron chi connectivity index (χ3n) is 7.34. The molecule has 0 aliphatic carbocycles. The Morgan fingerprint density at radius 2 is 1.95 bits per heavy atom. The Morgan fingerprint density at radius 3 is 2.58 bits per heavy atom. The molecular weight excluding hydrogens is 742 g/mol. The zero-order valence-electron chi connectivity index (χ0n) is 21.7. The van der Waals surface area contributed by atoms with Crippen LogP contribution in [0.4, 0.5) is 0 Å². The fourth-order valence-electron chi connectivity index (χ4n) is 5.67. The molecule has 13 heteroatoms. The van der Waals surface area contributed by atoms with E-state index in [2.05, 4.69) is 14.8 Å². The summed E-state index contributed by atoms with van der Waals surface area (Å²) in [5.74, 6) is 0.650. The standard InChI is InChI=1S/C25H38Cl2N4O3S2.O.Re/c1-29(34-2)25(33)24-19(17-4-6-20(26)21(27)14-17)15-18-5-7-22(24)31(18)10-3-9-30(11-13-36)16-23(32)28-8-12-35;;/h4,6,14,18-19,22,24,35-36H,3,5,7-13,15-16H2,1-2H3,(H,28,32);;/q;-2;/p-3. The molecule has 3 rings (SSSR count). The van der Waals surface area contributed by atoms with E-state index in [1.165, 1.54) is 12.2 Å². The van der Waals surface area contributed by atoms with Gasteiger partial charge in [0.2, 0.25) is 0 Å². The van der Waals surface area contributed by atoms with Gasteiger partial charge in [0.15, 0.2) is 0 Å². The number of hydrogen-bond donors (Lipinski definition) is 0. The molecule has 4 unspecified atom stereocenters. The Bertz CT molecular complexity index is 920. The Kier molecular flexibility index (Phi) is 16.7. The van der Waals surface area contributed by atoms with Crippen LogP contribution >= 0.6 is 23.2 Å². The molecule has 0 saturated carbocycles. The van der Waals surface area contributed by atoms with Gasteiger partial charge in [0, 0.05) is 52.6 Å². The number of hydroxylamine groups is 2. The second-order valence-corrected chi connectivity index (χ2v) is 11.0. The van der Waals surface area contributed by atoms with Gasteiger partial charge in [-0.05, 0) is 74.8 Å². The minimum atomic E-state index is -0.242. The van der Waals surface area contributed by atoms with E-state index in [1.807, 2.05) is 18.2 Å². The summed E-state index contributed by atoms with van der Waals surface area (Å²) in [6.07, 6.45) is 3.77. The predicted molar refractivity (Wildman–Crippen MR) is 149 cm³/mol. The monoisotopic (exact) mass is 776 g/mol. The average Bonchev–Trinajstić information content (AvgIpc) is 3.14. The van der Waals surface area contributed by atoms with Gasteiger partial charge in [-0.3, -0.25) is 14.5 Å². The van der Waals surface area contributed by atoms with Gasteiger partial charge >= 0.3 is 0 Å². The van der Waals surface area contributed by atoms with Crippen molar-refractivity contribution in [2.24, 2.45) is 10.9 Å². The summed E-state index contributed by atoms with van der Waals surface area (Å²) in [7, 11) is 3.18. The molecule has 217 valence electrons. The second-order valence-electron chi connectivity index (χ2n) is 9.41. The minimum absolute atomic E-state index is 0. The van der Waals surface area contributed by atoms with E-state index >= 15 is 0 Å². The van der Waals surface area contributed by atoms with Crippen LogP contribution in [0, 0.1) is 5.92 Å². The van der Waals surface area contributed by atoms with Gasteiger partial charge in [0.1, 0.15) is 0 Å². The van der Waals surface area contributed by atoms with Crippen LogP contribution in [0.5, 0.6) is 0 Å². The molecule has 2 saturated heterocycles. The van der Waals surface area contributed by atoms with Crippen molar-refractivity contribution in [3.05, 3.63) is 33.8 Å². The first-order valence-corrected chi connectivity index (χ1v) is 14.3. The number of amides is 1. The molecule has 0 spiro atoms. The van der Waals surface area contributed by atoms with E-state index in [-0.39, 0.29) is 62.1 Å². The van der Waals surface area contributed by atoms with Crippen LogP contribution in [0.15, 0.2) is 23.2 Å². The van der Waals surface area contributed by atoms with Crippen molar-refractivity contribution in [2.75, 3.05) is 58.4 Å². The maximum Gasteiger partial charge on any atom is 0.251 e. The Morgan fingerprint density at radius 1 is 1.21 bits per heavy atom. The molecule has 2 aliphatic rings. The first-order chi connectivity index (χ1) is 17.3. The van der Waals surface area contributed by atoms with Crippen molar-refractivity contribution in [2.45, 2.75) is 43.7 Å². The third kappa shape index (κ3) is 9.23. The van der Waals surface area contributed by atoms with Crippen LogP contribution in [0.2, 0.25) is 10.0 Å². The van der Waals surface area contributed by atoms with Gasteiger partial charge < -0.3 is 45.7 Å². The van der Waals surface area contributed by atoms with Crippen molar-refractivity contribution in [3.8, 4) is 0 Å². The Labute approximate surface area is 261 Å². The van der Waals surface area contributed by atoms with Crippen LogP contribution in [-0.2, 0) is 60.8 Å². The van der Waals surface area contributed by atoms with Crippen molar-refractivity contribution in [1.82, 2.24) is 14.9 Å². The number of piperidine rings is 1. The van der Waals surface area contributed by atoms with E-state index in [0.717, 1.165) is 44.3 Å². The molecule has 38 heavy (non-hydrogen) atoms. The average molecular weight is 777 g/mol. The first-order valence-electron chi connectivity index (χ1n) is 12.4. The molecule has 2 aliphatic heterocycles. The van der Waals surface area contributed by atoms with E-state index in [9.17, 15) is 9.90 Å². The van der Waals surface area contributed by atoms with E-state index in [0.29, 0.717) is 40.7 Å². The number of nitrogens with zero attached hydrogens (tertiary/aromatic N) is 4. The maximum absolute atomic E-state index is 13.5. The molecule has 1 radical (unpaired) electrons. The van der Waals surface area contributed by atoms with Gasteiger partial charge in [-0.25, -0.2) is 5.06 Å². The van der Waals surface area contributed by atoms with E-state index in [4.69, 9.17) is 53.3 Å². The molecule has 2 fully saturated rings. The van der Waals surface area contributed by atoms with Gasteiger partial charge in [-0.2, -0.15) is 11.5 Å². The predicted octanol–water partition coefficient (Wildman–Crippen LogP) is 2.37. The zero-order valence-corrected chi connectivity index (χ0v) is 27.6. The van der Waals surface area contributed by atoms with Gasteiger partial charge in [0.05, 0.1) is 23.1 Å². The number of hydrogen-bond acceptors (Lipinski definition) is 8. The topological polar surface area (TPSA) is 99.9 Å². The molecule has 1 amide bonds. The summed E-state index contributed by atoms with van der Waals surface area (Å²) in [5.41, 5.74) is 1.04. The number of halogens is 2. The van der Waals surface area contributed by atoms with Gasteiger partial charge in [-0.15, -0.1) is 0 Å². The second kappa shape index (κ2) is 17.7. The summed E-state index contributed by atoms with van der Waals surface area (Å²) in [4.78, 5) is 27.4. The van der Waals surface area contributed by atoms with Crippen LogP contribution in [-0.4, -0.2) is 97.1 Å². The molecule has 0 aromatic heterocycles. The van der Waals surface area contributed by atoms with Gasteiger partial charge in [-0.1, -0.05) is 29.3 Å². The molecule has 2 bridgehead atoms. The van der Waals surface area contributed by atoms with Crippen LogP contribution < -0.4 is 5.11 Å². The molecular formula is C25H35Cl2N4O4ReS2-5. The normalized spacial score (nSPS) is 23.2. The third-order valence-corrected chi connectivity index (χ3v) is 8.45. The maximum atomic E-state index is 13.5. The largest absolute Gasteiger partial charge is 2.00 e. The summed E-state index contributed by atoms with van der Waals surface area (Å²) in [6.45, 7) is 2.96. The van der Waals surface area contributed by atoms with Crippen LogP contribution in [0.3, 0.4) is 0 Å². The van der Waals surface area contributed by atoms with Crippen molar-refractivity contribution in [1.29, 1.82) is 0 Å². The van der Waals surface area contributed by atoms with E-state index < -0.39 is 0 Å². The Balaban J connectivity index is 0.00000361. The number of rotatable bonds is 13. The van der Waals surface area contributed by atoms with Crippen molar-refractivity contribution < 1.29 is 40.6 Å². The quantitative estimate of drug-likeness (QED) is 0.131. The molecule has 8 nitrogen and oxygen atoms in total. The fraction of sp³-hybridized carbons (Fsp3) is 0.680. The van der Waals surface area contributed by atoms with Crippen molar-refractivity contribution >= 4 is 60.3 Å². The summed E-state index contributed by atoms with van der Waals surface area (Å²) in [5, 5.41) is 14.5. The van der Waals surface area contributed by atoms with Crippen molar-refractivity contribution in [3.63, 3.8) is 0 Å². The molecule has 1 aromatic rings. The Hall–Kier alpha value is -0.0577. The number of aliphatic imine (C=N–C) groups is 1. The molecule has 2 heterocycles. The SMILES string of the molecule is CON(C)C(=O)C1C(c2ccc(Cl)c(Cl)c2)CC2CCC1N2CCCN(CC[S-])CC([O-])=NCC[S-].[O-2].[Re]. The molecule has 1 aromatic carbocycles. The van der Waals surface area contributed by atoms with Crippen LogP contribution in [0.25, 0.3) is 0 Å². The number of benzene rings is 1. The molecule has 4 atom stereocenters. The number of fused-ring (bicyclic) bond motifs is 2. The summed E-state index contributed by atoms with van der Waals surface area (Å²) >= 11 is 22.6. The minimum Gasteiger partial charge on any atom is -2.00 e.